The zero-order chi connectivity index (χ0) is 21.8. The molecule has 158 valence electrons. The third-order valence-corrected chi connectivity index (χ3v) is 5.67. The number of carbonyl (C=O) groups is 1. The minimum absolute atomic E-state index is 0.272. The molecule has 0 aliphatic rings. The van der Waals surface area contributed by atoms with E-state index in [4.69, 9.17) is 0 Å². The van der Waals surface area contributed by atoms with Crippen LogP contribution in [0.3, 0.4) is 0 Å². The molecule has 0 aliphatic heterocycles. The molecular weight excluding hydrogens is 391 g/mol. The van der Waals surface area contributed by atoms with E-state index in [2.05, 4.69) is 24.4 Å². The van der Waals surface area contributed by atoms with Gasteiger partial charge in [0.05, 0.1) is 0 Å². The molecule has 0 saturated heterocycles. The van der Waals surface area contributed by atoms with E-state index in [9.17, 15) is 14.3 Å². The van der Waals surface area contributed by atoms with E-state index in [0.29, 0.717) is 13.1 Å². The van der Waals surface area contributed by atoms with Crippen LogP contribution in [0.25, 0.3) is 10.9 Å². The summed E-state index contributed by atoms with van der Waals surface area (Å²) in [6.45, 7) is 3.68. The lowest BCUT2D eigenvalue weighted by atomic mass is 10.1. The largest absolute Gasteiger partial charge is 0.477 e. The number of aryl methyl sites for hydroxylation is 1. The van der Waals surface area contributed by atoms with Gasteiger partial charge in [-0.2, -0.15) is 0 Å². The van der Waals surface area contributed by atoms with Gasteiger partial charge in [0, 0.05) is 29.6 Å². The van der Waals surface area contributed by atoms with Gasteiger partial charge in [-0.3, -0.25) is 0 Å². The van der Waals surface area contributed by atoms with Gasteiger partial charge in [0.25, 0.3) is 0 Å². The van der Waals surface area contributed by atoms with Crippen molar-refractivity contribution in [3.8, 4) is 0 Å². The fourth-order valence-corrected chi connectivity index (χ4v) is 4.06. The van der Waals surface area contributed by atoms with Crippen molar-refractivity contribution in [1.82, 2.24) is 9.88 Å². The number of halogens is 1. The van der Waals surface area contributed by atoms with Crippen LogP contribution >= 0.6 is 0 Å². The summed E-state index contributed by atoms with van der Waals surface area (Å²) in [5.74, 6) is -1.27. The molecule has 0 aliphatic carbocycles. The summed E-state index contributed by atoms with van der Waals surface area (Å²) in [4.78, 5) is 12.2. The number of aromatic nitrogens is 1. The number of para-hydroxylation sites is 1. The number of carboxylic acids is 1. The lowest BCUT2D eigenvalue weighted by Crippen LogP contribution is -2.19. The second-order valence-electron chi connectivity index (χ2n) is 7.72. The Bertz CT molecular complexity index is 1210. The van der Waals surface area contributed by atoms with Gasteiger partial charge < -0.3 is 15.0 Å². The van der Waals surface area contributed by atoms with Crippen LogP contribution in [0.5, 0.6) is 0 Å². The second kappa shape index (κ2) is 9.14. The highest BCUT2D eigenvalue weighted by molar-refractivity contribution is 5.98. The quantitative estimate of drug-likeness (QED) is 0.390. The van der Waals surface area contributed by atoms with Gasteiger partial charge in [-0.25, -0.2) is 9.18 Å². The van der Waals surface area contributed by atoms with E-state index in [1.54, 1.807) is 12.1 Å². The predicted octanol–water partition coefficient (Wildman–Crippen LogP) is 5.17. The van der Waals surface area contributed by atoms with E-state index in [0.717, 1.165) is 35.0 Å². The second-order valence-corrected chi connectivity index (χ2v) is 7.72. The van der Waals surface area contributed by atoms with Crippen LogP contribution in [0.4, 0.5) is 4.39 Å². The fraction of sp³-hybridized carbons (Fsp3) is 0.192. The molecular formula is C26H25FN2O2. The molecule has 3 aromatic carbocycles. The molecule has 1 heterocycles. The fourth-order valence-electron chi connectivity index (χ4n) is 4.06. The molecule has 0 fully saturated rings. The average molecular weight is 416 g/mol. The lowest BCUT2D eigenvalue weighted by molar-refractivity contribution is 0.0684. The van der Waals surface area contributed by atoms with E-state index >= 15 is 0 Å². The Kier molecular flexibility index (Phi) is 6.14. The van der Waals surface area contributed by atoms with Gasteiger partial charge in [0.1, 0.15) is 11.5 Å². The molecule has 4 rings (SSSR count). The first-order chi connectivity index (χ1) is 15.0. The molecule has 0 saturated carbocycles. The van der Waals surface area contributed by atoms with Crippen LogP contribution in [0.1, 0.15) is 32.7 Å². The lowest BCUT2D eigenvalue weighted by Gasteiger charge is -2.10. The van der Waals surface area contributed by atoms with Crippen LogP contribution in [0.15, 0.2) is 72.8 Å². The molecule has 0 radical (unpaired) electrons. The van der Waals surface area contributed by atoms with E-state index in [-0.39, 0.29) is 11.5 Å². The number of rotatable bonds is 8. The van der Waals surface area contributed by atoms with Crippen LogP contribution < -0.4 is 5.32 Å². The first-order valence-electron chi connectivity index (χ1n) is 10.4. The third-order valence-electron chi connectivity index (χ3n) is 5.67. The molecule has 4 nitrogen and oxygen atoms in total. The first kappa shape index (κ1) is 20.8. The summed E-state index contributed by atoms with van der Waals surface area (Å²) in [5.41, 5.74) is 5.30. The van der Waals surface area contributed by atoms with Gasteiger partial charge >= 0.3 is 5.97 Å². The molecule has 0 atom stereocenters. The molecule has 0 amide bonds. The minimum atomic E-state index is -0.964. The molecule has 1 aromatic heterocycles. The Balaban J connectivity index is 1.61. The minimum Gasteiger partial charge on any atom is -0.477 e. The number of carboxylic acid groups (broad SMARTS) is 1. The van der Waals surface area contributed by atoms with Crippen molar-refractivity contribution < 1.29 is 14.3 Å². The number of nitrogens with zero attached hydrogens (tertiary/aromatic N) is 1. The predicted molar refractivity (Wildman–Crippen MR) is 121 cm³/mol. The van der Waals surface area contributed by atoms with Crippen molar-refractivity contribution in [3.63, 3.8) is 0 Å². The van der Waals surface area contributed by atoms with Gasteiger partial charge in [-0.05, 0) is 54.8 Å². The zero-order valence-corrected chi connectivity index (χ0v) is 17.4. The Labute approximate surface area is 181 Å². The van der Waals surface area contributed by atoms with Crippen molar-refractivity contribution >= 4 is 16.9 Å². The maximum Gasteiger partial charge on any atom is 0.352 e. The molecule has 0 bridgehead atoms. The van der Waals surface area contributed by atoms with E-state index in [1.807, 2.05) is 41.0 Å². The molecule has 2 N–H and O–H groups in total. The first-order valence-corrected chi connectivity index (χ1v) is 10.4. The number of hydrogen-bond donors (Lipinski definition) is 2. The average Bonchev–Trinajstić information content (AvgIpc) is 3.07. The molecule has 0 spiro atoms. The van der Waals surface area contributed by atoms with Crippen LogP contribution in [-0.4, -0.2) is 22.2 Å². The normalized spacial score (nSPS) is 11.2. The Hall–Kier alpha value is -3.44. The highest BCUT2D eigenvalue weighted by Gasteiger charge is 2.22. The Morgan fingerprint density at radius 3 is 2.45 bits per heavy atom. The summed E-state index contributed by atoms with van der Waals surface area (Å²) in [5, 5.41) is 14.4. The van der Waals surface area contributed by atoms with Crippen molar-refractivity contribution in [1.29, 1.82) is 0 Å². The summed E-state index contributed by atoms with van der Waals surface area (Å²) in [6, 6.07) is 22.2. The van der Waals surface area contributed by atoms with Crippen LogP contribution in [0, 0.1) is 12.7 Å². The van der Waals surface area contributed by atoms with Crippen molar-refractivity contribution in [2.24, 2.45) is 0 Å². The third kappa shape index (κ3) is 4.52. The summed E-state index contributed by atoms with van der Waals surface area (Å²) in [7, 11) is 0. The SMILES string of the molecule is Cc1ccccc1CCNCc1c(C(=O)O)n(Cc2ccc(F)cc2)c2ccccc12. The Morgan fingerprint density at radius 2 is 1.71 bits per heavy atom. The number of benzene rings is 3. The monoisotopic (exact) mass is 416 g/mol. The Morgan fingerprint density at radius 1 is 1.00 bits per heavy atom. The topological polar surface area (TPSA) is 54.3 Å². The maximum absolute atomic E-state index is 13.3. The van der Waals surface area contributed by atoms with Gasteiger partial charge in [-0.15, -0.1) is 0 Å². The zero-order valence-electron chi connectivity index (χ0n) is 17.4. The standard InChI is InChI=1S/C26H25FN2O2/c1-18-6-2-3-7-20(18)14-15-28-16-23-22-8-4-5-9-24(22)29(25(23)26(30)31)17-19-10-12-21(27)13-11-19/h2-13,28H,14-17H2,1H3,(H,30,31). The van der Waals surface area contributed by atoms with Crippen LogP contribution in [0.2, 0.25) is 0 Å². The van der Waals surface area contributed by atoms with Crippen molar-refractivity contribution in [3.05, 3.63) is 107 Å². The van der Waals surface area contributed by atoms with Crippen molar-refractivity contribution in [2.75, 3.05) is 6.54 Å². The smallest absolute Gasteiger partial charge is 0.352 e. The van der Waals surface area contributed by atoms with E-state index < -0.39 is 5.97 Å². The number of hydrogen-bond acceptors (Lipinski definition) is 2. The van der Waals surface area contributed by atoms with Crippen molar-refractivity contribution in [2.45, 2.75) is 26.4 Å². The molecule has 0 unspecified atom stereocenters. The summed E-state index contributed by atoms with van der Waals surface area (Å²) < 4.78 is 15.1. The highest BCUT2D eigenvalue weighted by Crippen LogP contribution is 2.27. The highest BCUT2D eigenvalue weighted by atomic mass is 19.1. The number of aromatic carboxylic acids is 1. The molecule has 4 aromatic rings. The number of fused-ring (bicyclic) bond motifs is 1. The summed E-state index contributed by atoms with van der Waals surface area (Å²) >= 11 is 0. The van der Waals surface area contributed by atoms with Gasteiger partial charge in [0.2, 0.25) is 0 Å². The van der Waals surface area contributed by atoms with Crippen LogP contribution in [-0.2, 0) is 19.5 Å². The van der Waals surface area contributed by atoms with E-state index in [1.165, 1.54) is 23.3 Å². The van der Waals surface area contributed by atoms with Gasteiger partial charge in [0.15, 0.2) is 0 Å². The number of nitrogens with one attached hydrogen (secondary N) is 1. The molecule has 5 heteroatoms. The van der Waals surface area contributed by atoms with Gasteiger partial charge in [-0.1, -0.05) is 54.6 Å². The molecule has 31 heavy (non-hydrogen) atoms. The summed E-state index contributed by atoms with van der Waals surface area (Å²) in [6.07, 6.45) is 0.878. The maximum atomic E-state index is 13.3.